The monoisotopic (exact) mass is 281 g/mol. The molecule has 3 nitrogen and oxygen atoms in total. The normalized spacial score (nSPS) is 12.4. The van der Waals surface area contributed by atoms with Gasteiger partial charge < -0.3 is 4.74 Å². The average Bonchev–Trinajstić information content (AvgIpc) is 2.12. The summed E-state index contributed by atoms with van der Waals surface area (Å²) in [6.45, 7) is 4.88. The standard InChI is InChI=1S/C11H11ClF3NO2/c1-10(2,3)18-9(17)8-7(12)4-6(5-16-8)11(13,14)15/h4-5H,1-3H3. The summed E-state index contributed by atoms with van der Waals surface area (Å²) in [6, 6.07) is 0.647. The van der Waals surface area contributed by atoms with Gasteiger partial charge in [0.2, 0.25) is 0 Å². The predicted octanol–water partition coefficient (Wildman–Crippen LogP) is 3.71. The van der Waals surface area contributed by atoms with Gasteiger partial charge in [-0.1, -0.05) is 11.6 Å². The van der Waals surface area contributed by atoms with E-state index in [2.05, 4.69) is 4.98 Å². The minimum absolute atomic E-state index is 0.334. The Kier molecular flexibility index (Phi) is 3.90. The van der Waals surface area contributed by atoms with E-state index in [1.807, 2.05) is 0 Å². The van der Waals surface area contributed by atoms with Crippen molar-refractivity contribution in [2.45, 2.75) is 32.5 Å². The molecule has 0 aliphatic carbocycles. The maximum Gasteiger partial charge on any atom is 0.417 e. The van der Waals surface area contributed by atoms with E-state index in [1.54, 1.807) is 20.8 Å². The summed E-state index contributed by atoms with van der Waals surface area (Å²) >= 11 is 5.60. The highest BCUT2D eigenvalue weighted by Gasteiger charge is 2.32. The summed E-state index contributed by atoms with van der Waals surface area (Å²) in [7, 11) is 0. The van der Waals surface area contributed by atoms with E-state index in [0.717, 1.165) is 0 Å². The van der Waals surface area contributed by atoms with Gasteiger partial charge in [-0.25, -0.2) is 9.78 Å². The summed E-state index contributed by atoms with van der Waals surface area (Å²) < 4.78 is 42.0. The second kappa shape index (κ2) is 4.76. The van der Waals surface area contributed by atoms with Gasteiger partial charge in [-0.05, 0) is 26.8 Å². The Morgan fingerprint density at radius 3 is 2.28 bits per heavy atom. The summed E-state index contributed by atoms with van der Waals surface area (Å²) in [5.41, 5.74) is -2.12. The molecule has 18 heavy (non-hydrogen) atoms. The number of hydrogen-bond donors (Lipinski definition) is 0. The largest absolute Gasteiger partial charge is 0.455 e. The van der Waals surface area contributed by atoms with Crippen LogP contribution in [0.4, 0.5) is 13.2 Å². The number of esters is 1. The van der Waals surface area contributed by atoms with Crippen LogP contribution in [0.3, 0.4) is 0 Å². The molecule has 0 aliphatic rings. The molecule has 0 atom stereocenters. The molecule has 1 heterocycles. The summed E-state index contributed by atoms with van der Waals surface area (Å²) in [4.78, 5) is 15.0. The second-order valence-electron chi connectivity index (χ2n) is 4.55. The smallest absolute Gasteiger partial charge is 0.417 e. The number of alkyl halides is 3. The molecule has 1 aromatic rings. The minimum Gasteiger partial charge on any atom is -0.455 e. The van der Waals surface area contributed by atoms with Crippen LogP contribution in [0.2, 0.25) is 5.02 Å². The van der Waals surface area contributed by atoms with Crippen LogP contribution in [0, 0.1) is 0 Å². The topological polar surface area (TPSA) is 39.2 Å². The number of rotatable bonds is 1. The Morgan fingerprint density at radius 2 is 1.89 bits per heavy atom. The van der Waals surface area contributed by atoms with E-state index in [1.165, 1.54) is 0 Å². The average molecular weight is 282 g/mol. The van der Waals surface area contributed by atoms with Gasteiger partial charge in [0.25, 0.3) is 0 Å². The first-order chi connectivity index (χ1) is 8.00. The van der Waals surface area contributed by atoms with Crippen LogP contribution >= 0.6 is 11.6 Å². The third-order valence-electron chi connectivity index (χ3n) is 1.76. The predicted molar refractivity (Wildman–Crippen MR) is 59.4 cm³/mol. The second-order valence-corrected chi connectivity index (χ2v) is 4.96. The highest BCUT2D eigenvalue weighted by atomic mass is 35.5. The van der Waals surface area contributed by atoms with Crippen molar-refractivity contribution >= 4 is 17.6 Å². The fourth-order valence-electron chi connectivity index (χ4n) is 1.07. The van der Waals surface area contributed by atoms with Gasteiger partial charge in [0.05, 0.1) is 10.6 Å². The van der Waals surface area contributed by atoms with Gasteiger partial charge in [0.1, 0.15) is 5.60 Å². The van der Waals surface area contributed by atoms with Gasteiger partial charge in [0.15, 0.2) is 5.69 Å². The Morgan fingerprint density at radius 1 is 1.33 bits per heavy atom. The van der Waals surface area contributed by atoms with Crippen LogP contribution in [0.15, 0.2) is 12.3 Å². The van der Waals surface area contributed by atoms with Gasteiger partial charge in [0, 0.05) is 6.20 Å². The maximum atomic E-state index is 12.4. The first-order valence-electron chi connectivity index (χ1n) is 4.97. The number of halogens is 4. The molecule has 7 heteroatoms. The molecule has 0 saturated heterocycles. The Labute approximate surface area is 107 Å². The number of nitrogens with zero attached hydrogens (tertiary/aromatic N) is 1. The third kappa shape index (κ3) is 3.87. The lowest BCUT2D eigenvalue weighted by Crippen LogP contribution is -2.24. The molecule has 0 radical (unpaired) electrons. The lowest BCUT2D eigenvalue weighted by molar-refractivity contribution is -0.137. The Balaban J connectivity index is 3.03. The fraction of sp³-hybridized carbons (Fsp3) is 0.455. The SMILES string of the molecule is CC(C)(C)OC(=O)c1ncc(C(F)(F)F)cc1Cl. The lowest BCUT2D eigenvalue weighted by Gasteiger charge is -2.19. The van der Waals surface area contributed by atoms with Crippen LogP contribution in [0.25, 0.3) is 0 Å². The molecule has 0 N–H and O–H groups in total. The molecule has 0 aromatic carbocycles. The van der Waals surface area contributed by atoms with Crippen LogP contribution in [-0.2, 0) is 10.9 Å². The summed E-state index contributed by atoms with van der Waals surface area (Å²) in [5, 5.41) is -0.390. The molecule has 0 aliphatic heterocycles. The van der Waals surface area contributed by atoms with Crippen LogP contribution in [-0.4, -0.2) is 16.6 Å². The molecule has 0 spiro atoms. The Bertz CT molecular complexity index is 466. The molecular formula is C11H11ClF3NO2. The van der Waals surface area contributed by atoms with E-state index in [0.29, 0.717) is 12.3 Å². The van der Waals surface area contributed by atoms with Gasteiger partial charge in [-0.2, -0.15) is 13.2 Å². The number of hydrogen-bond acceptors (Lipinski definition) is 3. The summed E-state index contributed by atoms with van der Waals surface area (Å²) in [5.74, 6) is -0.860. The number of pyridine rings is 1. The van der Waals surface area contributed by atoms with Crippen molar-refractivity contribution in [3.05, 3.63) is 28.5 Å². The third-order valence-corrected chi connectivity index (χ3v) is 2.05. The molecule has 0 fully saturated rings. The van der Waals surface area contributed by atoms with E-state index >= 15 is 0 Å². The van der Waals surface area contributed by atoms with Crippen LogP contribution < -0.4 is 0 Å². The number of aromatic nitrogens is 1. The van der Waals surface area contributed by atoms with E-state index in [4.69, 9.17) is 16.3 Å². The molecule has 1 aromatic heterocycles. The van der Waals surface area contributed by atoms with Crippen molar-refractivity contribution in [1.82, 2.24) is 4.98 Å². The van der Waals surface area contributed by atoms with Crippen molar-refractivity contribution in [1.29, 1.82) is 0 Å². The number of carbonyl (C=O) groups is 1. The first kappa shape index (κ1) is 14.8. The first-order valence-corrected chi connectivity index (χ1v) is 5.34. The van der Waals surface area contributed by atoms with Gasteiger partial charge in [-0.3, -0.25) is 0 Å². The summed E-state index contributed by atoms with van der Waals surface area (Å²) in [6.07, 6.45) is -4.01. The van der Waals surface area contributed by atoms with E-state index in [-0.39, 0.29) is 10.7 Å². The van der Waals surface area contributed by atoms with Crippen molar-refractivity contribution in [3.63, 3.8) is 0 Å². The Hall–Kier alpha value is -1.30. The van der Waals surface area contributed by atoms with E-state index in [9.17, 15) is 18.0 Å². The van der Waals surface area contributed by atoms with Crippen molar-refractivity contribution in [2.75, 3.05) is 0 Å². The van der Waals surface area contributed by atoms with Crippen molar-refractivity contribution in [3.8, 4) is 0 Å². The quantitative estimate of drug-likeness (QED) is 0.737. The van der Waals surface area contributed by atoms with Gasteiger partial charge >= 0.3 is 12.1 Å². The maximum absolute atomic E-state index is 12.4. The van der Waals surface area contributed by atoms with Crippen molar-refractivity contribution in [2.24, 2.45) is 0 Å². The highest BCUT2D eigenvalue weighted by molar-refractivity contribution is 6.33. The zero-order valence-corrected chi connectivity index (χ0v) is 10.7. The molecule has 1 rings (SSSR count). The molecule has 0 bridgehead atoms. The van der Waals surface area contributed by atoms with Crippen LogP contribution in [0.5, 0.6) is 0 Å². The minimum atomic E-state index is -4.55. The number of carbonyl (C=O) groups excluding carboxylic acids is 1. The molecular weight excluding hydrogens is 271 g/mol. The van der Waals surface area contributed by atoms with E-state index < -0.39 is 23.3 Å². The molecule has 0 unspecified atom stereocenters. The van der Waals surface area contributed by atoms with Gasteiger partial charge in [-0.15, -0.1) is 0 Å². The lowest BCUT2D eigenvalue weighted by atomic mass is 10.2. The highest BCUT2D eigenvalue weighted by Crippen LogP contribution is 2.31. The zero-order chi connectivity index (χ0) is 14.1. The fourth-order valence-corrected chi connectivity index (χ4v) is 1.31. The van der Waals surface area contributed by atoms with Crippen LogP contribution in [0.1, 0.15) is 36.8 Å². The van der Waals surface area contributed by atoms with Crippen molar-refractivity contribution < 1.29 is 22.7 Å². The zero-order valence-electron chi connectivity index (χ0n) is 9.93. The number of ether oxygens (including phenoxy) is 1. The molecule has 100 valence electrons. The molecule has 0 saturated carbocycles. The molecule has 0 amide bonds.